The monoisotopic (exact) mass is 236 g/mol. The summed E-state index contributed by atoms with van der Waals surface area (Å²) in [7, 11) is 1.43. The molecule has 1 aromatic heterocycles. The third kappa shape index (κ3) is 2.91. The summed E-state index contributed by atoms with van der Waals surface area (Å²) in [5.74, 6) is 0.278. The van der Waals surface area contributed by atoms with Gasteiger partial charge in [-0.3, -0.25) is 14.7 Å². The molecule has 0 aliphatic carbocycles. The van der Waals surface area contributed by atoms with E-state index in [0.717, 1.165) is 25.2 Å². The van der Waals surface area contributed by atoms with Crippen LogP contribution in [0.25, 0.3) is 0 Å². The maximum atomic E-state index is 11.4. The van der Waals surface area contributed by atoms with Crippen molar-refractivity contribution in [2.45, 2.75) is 13.0 Å². The number of anilines is 1. The highest BCUT2D eigenvalue weighted by atomic mass is 16.5. The van der Waals surface area contributed by atoms with Gasteiger partial charge >= 0.3 is 5.97 Å². The summed E-state index contributed by atoms with van der Waals surface area (Å²) in [5.41, 5.74) is 6.33. The predicted octanol–water partition coefficient (Wildman–Crippen LogP) is 0.0537. The SMILES string of the molecule is COC(=O)C1CCN(Cc2cnc(N)cn2)C1. The molecule has 2 heterocycles. The molecule has 1 unspecified atom stereocenters. The van der Waals surface area contributed by atoms with Gasteiger partial charge in [0.2, 0.25) is 0 Å². The Labute approximate surface area is 99.8 Å². The lowest BCUT2D eigenvalue weighted by Crippen LogP contribution is -2.24. The van der Waals surface area contributed by atoms with Gasteiger partial charge in [-0.2, -0.15) is 0 Å². The summed E-state index contributed by atoms with van der Waals surface area (Å²) in [6.07, 6.45) is 4.05. The van der Waals surface area contributed by atoms with Crippen LogP contribution in [0.15, 0.2) is 12.4 Å². The van der Waals surface area contributed by atoms with Crippen LogP contribution in [0.1, 0.15) is 12.1 Å². The second-order valence-electron chi connectivity index (χ2n) is 4.18. The predicted molar refractivity (Wildman–Crippen MR) is 61.8 cm³/mol. The minimum absolute atomic E-state index is 0.0123. The number of carbonyl (C=O) groups excluding carboxylic acids is 1. The van der Waals surface area contributed by atoms with Gasteiger partial charge in [-0.1, -0.05) is 0 Å². The largest absolute Gasteiger partial charge is 0.469 e. The van der Waals surface area contributed by atoms with Crippen LogP contribution in [-0.2, 0) is 16.1 Å². The molecule has 17 heavy (non-hydrogen) atoms. The lowest BCUT2D eigenvalue weighted by Gasteiger charge is -2.14. The molecule has 6 heteroatoms. The quantitative estimate of drug-likeness (QED) is 0.747. The molecule has 1 aliphatic heterocycles. The van der Waals surface area contributed by atoms with Gasteiger partial charge in [0.1, 0.15) is 5.82 Å². The number of hydrogen-bond acceptors (Lipinski definition) is 6. The minimum atomic E-state index is -0.129. The molecule has 0 spiro atoms. The third-order valence-corrected chi connectivity index (χ3v) is 2.92. The van der Waals surface area contributed by atoms with Crippen LogP contribution in [0.3, 0.4) is 0 Å². The van der Waals surface area contributed by atoms with E-state index >= 15 is 0 Å². The molecule has 1 fully saturated rings. The molecule has 6 nitrogen and oxygen atoms in total. The lowest BCUT2D eigenvalue weighted by molar-refractivity contribution is -0.144. The van der Waals surface area contributed by atoms with Crippen LogP contribution in [-0.4, -0.2) is 41.0 Å². The number of nitrogens with zero attached hydrogens (tertiary/aromatic N) is 3. The molecule has 2 rings (SSSR count). The normalized spacial score (nSPS) is 20.4. The number of nitrogen functional groups attached to an aromatic ring is 1. The number of likely N-dealkylation sites (tertiary alicyclic amines) is 1. The van der Waals surface area contributed by atoms with Crippen LogP contribution in [0.5, 0.6) is 0 Å². The molecular weight excluding hydrogens is 220 g/mol. The van der Waals surface area contributed by atoms with Gasteiger partial charge in [0.25, 0.3) is 0 Å². The molecule has 92 valence electrons. The second-order valence-corrected chi connectivity index (χ2v) is 4.18. The first-order chi connectivity index (χ1) is 8.19. The Balaban J connectivity index is 1.89. The zero-order valence-electron chi connectivity index (χ0n) is 9.80. The maximum Gasteiger partial charge on any atom is 0.310 e. The highest BCUT2D eigenvalue weighted by molar-refractivity contribution is 5.72. The van der Waals surface area contributed by atoms with E-state index in [1.807, 2.05) is 0 Å². The van der Waals surface area contributed by atoms with E-state index in [2.05, 4.69) is 14.9 Å². The Morgan fingerprint density at radius 3 is 3.06 bits per heavy atom. The number of hydrogen-bond donors (Lipinski definition) is 1. The van der Waals surface area contributed by atoms with Crippen LogP contribution < -0.4 is 5.73 Å². The van der Waals surface area contributed by atoms with Crippen molar-refractivity contribution in [2.75, 3.05) is 25.9 Å². The van der Waals surface area contributed by atoms with Crippen LogP contribution in [0.2, 0.25) is 0 Å². The summed E-state index contributed by atoms with van der Waals surface area (Å²) in [5, 5.41) is 0. The smallest absolute Gasteiger partial charge is 0.310 e. The van der Waals surface area contributed by atoms with Crippen molar-refractivity contribution in [3.63, 3.8) is 0 Å². The summed E-state index contributed by atoms with van der Waals surface area (Å²) in [6.45, 7) is 2.30. The highest BCUT2D eigenvalue weighted by Crippen LogP contribution is 2.18. The second kappa shape index (κ2) is 5.09. The number of methoxy groups -OCH3 is 1. The molecule has 0 aromatic carbocycles. The van der Waals surface area contributed by atoms with Gasteiger partial charge in [0, 0.05) is 13.1 Å². The molecule has 1 aliphatic rings. The Kier molecular flexibility index (Phi) is 3.53. The molecule has 1 atom stereocenters. The molecule has 0 saturated carbocycles. The Bertz CT molecular complexity index is 393. The Morgan fingerprint density at radius 2 is 2.41 bits per heavy atom. The van der Waals surface area contributed by atoms with Gasteiger partial charge in [-0.25, -0.2) is 4.98 Å². The number of ether oxygens (including phenoxy) is 1. The van der Waals surface area contributed by atoms with Gasteiger partial charge < -0.3 is 10.5 Å². The fourth-order valence-electron chi connectivity index (χ4n) is 2.01. The number of rotatable bonds is 3. The van der Waals surface area contributed by atoms with Crippen molar-refractivity contribution >= 4 is 11.8 Å². The van der Waals surface area contributed by atoms with Crippen molar-refractivity contribution < 1.29 is 9.53 Å². The Hall–Kier alpha value is -1.69. The average molecular weight is 236 g/mol. The fourth-order valence-corrected chi connectivity index (χ4v) is 2.01. The van der Waals surface area contributed by atoms with Gasteiger partial charge in [-0.05, 0) is 13.0 Å². The van der Waals surface area contributed by atoms with E-state index in [-0.39, 0.29) is 11.9 Å². The van der Waals surface area contributed by atoms with Crippen molar-refractivity contribution in [1.82, 2.24) is 14.9 Å². The average Bonchev–Trinajstić information content (AvgIpc) is 2.80. The minimum Gasteiger partial charge on any atom is -0.469 e. The maximum absolute atomic E-state index is 11.4. The first kappa shape index (κ1) is 11.8. The van der Waals surface area contributed by atoms with E-state index in [9.17, 15) is 4.79 Å². The van der Waals surface area contributed by atoms with Crippen molar-refractivity contribution in [2.24, 2.45) is 5.92 Å². The van der Waals surface area contributed by atoms with Crippen molar-refractivity contribution in [3.8, 4) is 0 Å². The lowest BCUT2D eigenvalue weighted by atomic mass is 10.1. The molecule has 0 bridgehead atoms. The first-order valence-electron chi connectivity index (χ1n) is 5.55. The van der Waals surface area contributed by atoms with Gasteiger partial charge in [-0.15, -0.1) is 0 Å². The molecule has 1 saturated heterocycles. The Morgan fingerprint density at radius 1 is 1.59 bits per heavy atom. The van der Waals surface area contributed by atoms with Crippen molar-refractivity contribution in [1.29, 1.82) is 0 Å². The fraction of sp³-hybridized carbons (Fsp3) is 0.545. The zero-order chi connectivity index (χ0) is 12.3. The van der Waals surface area contributed by atoms with Crippen LogP contribution >= 0.6 is 0 Å². The number of carbonyl (C=O) groups is 1. The van der Waals surface area contributed by atoms with E-state index in [1.165, 1.54) is 7.11 Å². The highest BCUT2D eigenvalue weighted by Gasteiger charge is 2.28. The summed E-state index contributed by atoms with van der Waals surface area (Å²) in [4.78, 5) is 21.7. The molecular formula is C11H16N4O2. The zero-order valence-corrected chi connectivity index (χ0v) is 9.80. The van der Waals surface area contributed by atoms with E-state index in [1.54, 1.807) is 12.4 Å². The first-order valence-corrected chi connectivity index (χ1v) is 5.55. The number of aromatic nitrogens is 2. The van der Waals surface area contributed by atoms with E-state index in [0.29, 0.717) is 12.4 Å². The number of esters is 1. The molecule has 0 radical (unpaired) electrons. The standard InChI is InChI=1S/C11H16N4O2/c1-17-11(16)8-2-3-15(6-8)7-9-4-14-10(12)5-13-9/h4-5,8H,2-3,6-7H2,1H3,(H2,12,14). The molecule has 2 N–H and O–H groups in total. The number of nitrogens with two attached hydrogens (primary N) is 1. The topological polar surface area (TPSA) is 81.3 Å². The molecule has 0 amide bonds. The van der Waals surface area contributed by atoms with E-state index < -0.39 is 0 Å². The third-order valence-electron chi connectivity index (χ3n) is 2.92. The van der Waals surface area contributed by atoms with Crippen molar-refractivity contribution in [3.05, 3.63) is 18.1 Å². The van der Waals surface area contributed by atoms with Gasteiger partial charge in [0.15, 0.2) is 0 Å². The van der Waals surface area contributed by atoms with E-state index in [4.69, 9.17) is 10.5 Å². The summed E-state index contributed by atoms with van der Waals surface area (Å²) in [6, 6.07) is 0. The molecule has 1 aromatic rings. The summed E-state index contributed by atoms with van der Waals surface area (Å²) >= 11 is 0. The van der Waals surface area contributed by atoms with Gasteiger partial charge in [0.05, 0.1) is 31.1 Å². The van der Waals surface area contributed by atoms with Crippen LogP contribution in [0.4, 0.5) is 5.82 Å². The van der Waals surface area contributed by atoms with Crippen LogP contribution in [0, 0.1) is 5.92 Å². The summed E-state index contributed by atoms with van der Waals surface area (Å²) < 4.78 is 4.74.